The first-order valence-corrected chi connectivity index (χ1v) is 11.8. The van der Waals surface area contributed by atoms with Crippen molar-refractivity contribution in [3.05, 3.63) is 24.0 Å². The van der Waals surface area contributed by atoms with Crippen molar-refractivity contribution >= 4 is 11.9 Å². The van der Waals surface area contributed by atoms with Gasteiger partial charge in [0, 0.05) is 51.0 Å². The zero-order chi connectivity index (χ0) is 21.2. The van der Waals surface area contributed by atoms with Crippen LogP contribution >= 0.6 is 0 Å². The third kappa shape index (κ3) is 4.95. The van der Waals surface area contributed by atoms with Crippen molar-refractivity contribution in [3.8, 4) is 5.75 Å². The van der Waals surface area contributed by atoms with E-state index >= 15 is 0 Å². The van der Waals surface area contributed by atoms with Crippen LogP contribution in [0.4, 0.5) is 4.79 Å². The molecule has 0 unspecified atom stereocenters. The first-order chi connectivity index (χ1) is 15.2. The Morgan fingerprint density at radius 1 is 1.03 bits per heavy atom. The molecular weight excluding hydrogens is 394 g/mol. The zero-order valence-electron chi connectivity index (χ0n) is 18.2. The summed E-state index contributed by atoms with van der Waals surface area (Å²) >= 11 is 0. The molecule has 3 heterocycles. The van der Waals surface area contributed by atoms with Gasteiger partial charge in [0.1, 0.15) is 17.5 Å². The molecule has 0 bridgehead atoms. The lowest BCUT2D eigenvalue weighted by atomic mass is 9.91. The van der Waals surface area contributed by atoms with E-state index < -0.39 is 0 Å². The second-order valence-corrected chi connectivity index (χ2v) is 9.42. The summed E-state index contributed by atoms with van der Waals surface area (Å²) in [4.78, 5) is 35.7. The van der Waals surface area contributed by atoms with Crippen molar-refractivity contribution in [2.45, 2.75) is 50.7 Å². The number of ether oxygens (including phenoxy) is 1. The van der Waals surface area contributed by atoms with E-state index in [9.17, 15) is 9.59 Å². The van der Waals surface area contributed by atoms with Gasteiger partial charge in [-0.25, -0.2) is 4.79 Å². The average Bonchev–Trinajstić information content (AvgIpc) is 3.54. The molecule has 0 aromatic carbocycles. The number of carbonyl (C=O) groups is 2. The number of carbonyl (C=O) groups excluding carboxylic acids is 2. The van der Waals surface area contributed by atoms with Crippen LogP contribution in [0.25, 0.3) is 0 Å². The maximum atomic E-state index is 12.9. The number of urea groups is 1. The van der Waals surface area contributed by atoms with Crippen molar-refractivity contribution in [2.75, 3.05) is 45.8 Å². The van der Waals surface area contributed by atoms with E-state index in [-0.39, 0.29) is 18.0 Å². The monoisotopic (exact) mass is 427 g/mol. The Morgan fingerprint density at radius 2 is 1.87 bits per heavy atom. The van der Waals surface area contributed by atoms with E-state index in [0.29, 0.717) is 30.5 Å². The van der Waals surface area contributed by atoms with Crippen LogP contribution in [0.1, 0.15) is 49.0 Å². The SMILES string of the molecule is O=C(NCC1CC1)c1cc(OC2CN(C(=O)N3CCCN(C4CCC4)CC3)C2)ccn1. The predicted octanol–water partition coefficient (Wildman–Crippen LogP) is 1.96. The molecule has 1 aromatic rings. The number of nitrogens with zero attached hydrogens (tertiary/aromatic N) is 4. The molecule has 5 rings (SSSR count). The predicted molar refractivity (Wildman–Crippen MR) is 116 cm³/mol. The molecule has 4 aliphatic rings. The highest BCUT2D eigenvalue weighted by atomic mass is 16.5. The van der Waals surface area contributed by atoms with Gasteiger partial charge in [-0.3, -0.25) is 14.7 Å². The Balaban J connectivity index is 1.07. The van der Waals surface area contributed by atoms with E-state index in [0.717, 1.165) is 45.2 Å². The largest absolute Gasteiger partial charge is 0.487 e. The van der Waals surface area contributed by atoms with Gasteiger partial charge in [0.05, 0.1) is 13.1 Å². The lowest BCUT2D eigenvalue weighted by molar-refractivity contribution is 0.0307. The number of likely N-dealkylation sites (tertiary alicyclic amines) is 1. The third-order valence-electron chi connectivity index (χ3n) is 7.03. The second kappa shape index (κ2) is 9.02. The minimum atomic E-state index is -0.153. The van der Waals surface area contributed by atoms with E-state index in [1.807, 2.05) is 9.80 Å². The zero-order valence-corrected chi connectivity index (χ0v) is 18.2. The van der Waals surface area contributed by atoms with Gasteiger partial charge in [0.2, 0.25) is 0 Å². The lowest BCUT2D eigenvalue weighted by Crippen LogP contribution is -2.60. The molecule has 3 amide bonds. The molecule has 31 heavy (non-hydrogen) atoms. The number of aromatic nitrogens is 1. The van der Waals surface area contributed by atoms with E-state index in [1.54, 1.807) is 18.3 Å². The standard InChI is InChI=1S/C23H33N5O3/c29-22(25-14-17-5-6-17)21-13-19(7-8-24-21)31-20-15-28(16-20)23(30)27-10-2-9-26(11-12-27)18-3-1-4-18/h7-8,13,17-18,20H,1-6,9-12,14-16H2,(H,25,29). The first-order valence-electron chi connectivity index (χ1n) is 11.8. The van der Waals surface area contributed by atoms with Crippen LogP contribution in [0.2, 0.25) is 0 Å². The number of pyridine rings is 1. The number of hydrogen-bond donors (Lipinski definition) is 1. The molecular formula is C23H33N5O3. The Labute approximate surface area is 183 Å². The summed E-state index contributed by atoms with van der Waals surface area (Å²) in [6.07, 6.45) is 9.01. The minimum absolute atomic E-state index is 0.0350. The van der Waals surface area contributed by atoms with E-state index in [2.05, 4.69) is 15.2 Å². The van der Waals surface area contributed by atoms with Gasteiger partial charge in [-0.1, -0.05) is 6.42 Å². The van der Waals surface area contributed by atoms with Crippen LogP contribution < -0.4 is 10.1 Å². The summed E-state index contributed by atoms with van der Waals surface area (Å²) in [5, 5.41) is 2.93. The van der Waals surface area contributed by atoms with Gasteiger partial charge in [0.25, 0.3) is 5.91 Å². The Bertz CT molecular complexity index is 804. The van der Waals surface area contributed by atoms with Crippen LogP contribution in [-0.4, -0.2) is 89.6 Å². The topological polar surface area (TPSA) is 78.0 Å². The van der Waals surface area contributed by atoms with Gasteiger partial charge in [-0.15, -0.1) is 0 Å². The summed E-state index contributed by atoms with van der Waals surface area (Å²) in [6, 6.07) is 4.34. The molecule has 1 N–H and O–H groups in total. The summed E-state index contributed by atoms with van der Waals surface area (Å²) < 4.78 is 6.00. The Hall–Kier alpha value is -2.35. The molecule has 4 fully saturated rings. The third-order valence-corrected chi connectivity index (χ3v) is 7.03. The molecule has 2 saturated carbocycles. The van der Waals surface area contributed by atoms with Gasteiger partial charge in [-0.2, -0.15) is 0 Å². The molecule has 8 heteroatoms. The smallest absolute Gasteiger partial charge is 0.320 e. The number of amides is 3. The van der Waals surface area contributed by atoms with Crippen molar-refractivity contribution in [2.24, 2.45) is 5.92 Å². The van der Waals surface area contributed by atoms with Crippen LogP contribution in [0, 0.1) is 5.92 Å². The maximum Gasteiger partial charge on any atom is 0.320 e. The van der Waals surface area contributed by atoms with Gasteiger partial charge >= 0.3 is 6.03 Å². The number of nitrogens with one attached hydrogen (secondary N) is 1. The van der Waals surface area contributed by atoms with Crippen molar-refractivity contribution in [1.82, 2.24) is 25.0 Å². The minimum Gasteiger partial charge on any atom is -0.487 e. The fourth-order valence-electron chi connectivity index (χ4n) is 4.57. The van der Waals surface area contributed by atoms with Crippen molar-refractivity contribution in [1.29, 1.82) is 0 Å². The second-order valence-electron chi connectivity index (χ2n) is 9.42. The maximum absolute atomic E-state index is 12.9. The molecule has 2 aliphatic heterocycles. The first kappa shape index (κ1) is 20.5. The molecule has 2 saturated heterocycles. The highest BCUT2D eigenvalue weighted by Gasteiger charge is 2.36. The molecule has 168 valence electrons. The quantitative estimate of drug-likeness (QED) is 0.751. The molecule has 0 spiro atoms. The Morgan fingerprint density at radius 3 is 2.61 bits per heavy atom. The summed E-state index contributed by atoms with van der Waals surface area (Å²) in [5.41, 5.74) is 0.381. The highest BCUT2D eigenvalue weighted by molar-refractivity contribution is 5.92. The van der Waals surface area contributed by atoms with Crippen LogP contribution in [0.3, 0.4) is 0 Å². The van der Waals surface area contributed by atoms with Crippen LogP contribution in [-0.2, 0) is 0 Å². The summed E-state index contributed by atoms with van der Waals surface area (Å²) in [5.74, 6) is 1.11. The van der Waals surface area contributed by atoms with Gasteiger partial charge in [-0.05, 0) is 44.1 Å². The summed E-state index contributed by atoms with van der Waals surface area (Å²) in [6.45, 7) is 5.67. The normalized spacial score (nSPS) is 23.0. The number of hydrogen-bond acceptors (Lipinski definition) is 5. The van der Waals surface area contributed by atoms with Gasteiger partial charge < -0.3 is 19.9 Å². The van der Waals surface area contributed by atoms with Crippen LogP contribution in [0.15, 0.2) is 18.3 Å². The Kier molecular flexibility index (Phi) is 5.98. The van der Waals surface area contributed by atoms with E-state index in [4.69, 9.17) is 4.74 Å². The molecule has 0 radical (unpaired) electrons. The van der Waals surface area contributed by atoms with Crippen molar-refractivity contribution < 1.29 is 14.3 Å². The fourth-order valence-corrected chi connectivity index (χ4v) is 4.57. The highest BCUT2D eigenvalue weighted by Crippen LogP contribution is 2.28. The van der Waals surface area contributed by atoms with Crippen molar-refractivity contribution in [3.63, 3.8) is 0 Å². The molecule has 2 aliphatic carbocycles. The van der Waals surface area contributed by atoms with Crippen LogP contribution in [0.5, 0.6) is 5.75 Å². The number of rotatable bonds is 6. The van der Waals surface area contributed by atoms with E-state index in [1.165, 1.54) is 32.1 Å². The lowest BCUT2D eigenvalue weighted by Gasteiger charge is -2.41. The van der Waals surface area contributed by atoms with Gasteiger partial charge in [0.15, 0.2) is 0 Å². The molecule has 8 nitrogen and oxygen atoms in total. The summed E-state index contributed by atoms with van der Waals surface area (Å²) in [7, 11) is 0. The average molecular weight is 428 g/mol. The fraction of sp³-hybridized carbons (Fsp3) is 0.696. The molecule has 1 aromatic heterocycles. The molecule has 0 atom stereocenters.